The van der Waals surface area contributed by atoms with Crippen molar-refractivity contribution in [2.75, 3.05) is 18.4 Å². The van der Waals surface area contributed by atoms with Crippen LogP contribution in [0.5, 0.6) is 0 Å². The zero-order chi connectivity index (χ0) is 40.1. The third kappa shape index (κ3) is 6.45. The highest BCUT2D eigenvalue weighted by Gasteiger charge is 2.70. The molecule has 0 spiro atoms. The predicted molar refractivity (Wildman–Crippen MR) is 192 cm³/mol. The number of ketones is 1. The summed E-state index contributed by atoms with van der Waals surface area (Å²) in [5, 5.41) is 18.3. The molecule has 4 N–H and O–H groups in total. The lowest BCUT2D eigenvalue weighted by atomic mass is 9.33. The van der Waals surface area contributed by atoms with Crippen molar-refractivity contribution in [2.45, 2.75) is 125 Å². The smallest absolute Gasteiger partial charge is 0.393 e. The molecule has 4 fully saturated rings. The second-order valence-corrected chi connectivity index (χ2v) is 19.1. The van der Waals surface area contributed by atoms with Crippen LogP contribution in [0.25, 0.3) is 0 Å². The van der Waals surface area contributed by atoms with Gasteiger partial charge in [-0.1, -0.05) is 54.0 Å². The van der Waals surface area contributed by atoms with Crippen molar-refractivity contribution in [1.82, 2.24) is 10.6 Å². The Balaban J connectivity index is 1.14. The van der Waals surface area contributed by atoms with Crippen LogP contribution in [0.3, 0.4) is 0 Å². The first-order valence-corrected chi connectivity index (χ1v) is 19.3. The molecule has 6 rings (SSSR count). The molecule has 54 heavy (non-hydrogen) atoms. The van der Waals surface area contributed by atoms with Crippen LogP contribution < -0.4 is 16.0 Å². The van der Waals surface area contributed by atoms with E-state index >= 15 is 0 Å². The van der Waals surface area contributed by atoms with Crippen LogP contribution in [0.4, 0.5) is 36.8 Å². The van der Waals surface area contributed by atoms with Gasteiger partial charge >= 0.3 is 18.4 Å². The minimum absolute atomic E-state index is 0.00979. The molecule has 5 aliphatic carbocycles. The highest BCUT2D eigenvalue weighted by atomic mass is 19.4. The van der Waals surface area contributed by atoms with Gasteiger partial charge in [0.2, 0.25) is 5.91 Å². The van der Waals surface area contributed by atoms with E-state index in [1.807, 2.05) is 18.3 Å². The van der Waals surface area contributed by atoms with E-state index in [0.29, 0.717) is 31.4 Å². The Morgan fingerprint density at radius 1 is 0.796 bits per heavy atom. The summed E-state index contributed by atoms with van der Waals surface area (Å²) in [6.45, 7) is 15.3. The number of nitrogens with one attached hydrogen (secondary N) is 3. The topological polar surface area (TPSA) is 108 Å². The fraction of sp³-hybridized carbons (Fsp3) is 0.732. The molecular weight excluding hydrogens is 712 g/mol. The number of hydrogen-bond acceptors (Lipinski definition) is 4. The summed E-state index contributed by atoms with van der Waals surface area (Å²) >= 11 is 0. The standard InChI is InChI=1S/C41H55F6N3O4/c1-34(2)29-8-11-39(7)31(37(29,5)10-9-30(34)52)28(51)21-26-27-22-36(4,13-12-35(27,3)14-15-38(26,39)6)32(53)48-16-17-49-33(54)50-25-19-23(40(42,43)44)18-24(20-25)41(45,46)47/h18-21,27,29-31,52H,8-17,22H2,1-7H3,(H,48,53)(H2,49,50,54)/t27-,29-,30-,31+,35+,36-,37-,38+,39+/m0/s1. The van der Waals surface area contributed by atoms with Crippen LogP contribution in [0.15, 0.2) is 29.8 Å². The van der Waals surface area contributed by atoms with Gasteiger partial charge in [0.25, 0.3) is 0 Å². The van der Waals surface area contributed by atoms with E-state index in [-0.39, 0.29) is 75.7 Å². The van der Waals surface area contributed by atoms with E-state index in [1.165, 1.54) is 0 Å². The van der Waals surface area contributed by atoms with Crippen LogP contribution in [0, 0.1) is 50.2 Å². The summed E-state index contributed by atoms with van der Waals surface area (Å²) in [7, 11) is 0. The predicted octanol–water partition coefficient (Wildman–Crippen LogP) is 9.30. The van der Waals surface area contributed by atoms with Crippen LogP contribution in [-0.4, -0.2) is 42.0 Å². The average Bonchev–Trinajstić information content (AvgIpc) is 3.05. The van der Waals surface area contributed by atoms with Gasteiger partial charge in [0.15, 0.2) is 5.78 Å². The SMILES string of the molecule is CC1(C)[C@@H](O)CC[C@]2(C)[C@H]3C(=O)C=C4[C@@H]5C[C@@](C)(C(=O)NCCNC(=O)Nc6cc(C(F)(F)F)cc(C(F)(F)F)c6)CC[C@]5(C)CC[C@@]4(C)[C@]3(C)CC[C@@H]12. The molecular formula is C41H55F6N3O4. The summed E-state index contributed by atoms with van der Waals surface area (Å²) in [4.78, 5) is 40.8. The molecule has 1 aromatic carbocycles. The van der Waals surface area contributed by atoms with E-state index in [2.05, 4.69) is 52.2 Å². The number of benzene rings is 1. The maximum atomic E-state index is 14.6. The Labute approximate surface area is 313 Å². The van der Waals surface area contributed by atoms with Gasteiger partial charge in [0.05, 0.1) is 17.2 Å². The fourth-order valence-corrected chi connectivity index (χ4v) is 12.1. The van der Waals surface area contributed by atoms with E-state index in [1.54, 1.807) is 0 Å². The van der Waals surface area contributed by atoms with E-state index in [4.69, 9.17) is 0 Å². The number of carbonyl (C=O) groups excluding carboxylic acids is 3. The van der Waals surface area contributed by atoms with Crippen molar-refractivity contribution in [3.8, 4) is 0 Å². The van der Waals surface area contributed by atoms with Gasteiger partial charge in [-0.25, -0.2) is 4.79 Å². The molecule has 1 aromatic rings. The van der Waals surface area contributed by atoms with Crippen LogP contribution in [0.2, 0.25) is 0 Å². The molecule has 0 bridgehead atoms. The molecule has 9 atom stereocenters. The maximum absolute atomic E-state index is 14.6. The molecule has 0 heterocycles. The highest BCUT2D eigenvalue weighted by Crippen LogP contribution is 2.75. The van der Waals surface area contributed by atoms with E-state index in [0.717, 1.165) is 44.1 Å². The van der Waals surface area contributed by atoms with Crippen molar-refractivity contribution in [3.05, 3.63) is 41.0 Å². The summed E-state index contributed by atoms with van der Waals surface area (Å²) < 4.78 is 79.4. The number of carbonyl (C=O) groups is 3. The number of fused-ring (bicyclic) bond motifs is 7. The van der Waals surface area contributed by atoms with Gasteiger partial charge in [-0.15, -0.1) is 0 Å². The molecule has 0 radical (unpaired) electrons. The van der Waals surface area contributed by atoms with Crippen molar-refractivity contribution in [3.63, 3.8) is 0 Å². The lowest BCUT2D eigenvalue weighted by Gasteiger charge is -2.70. The van der Waals surface area contributed by atoms with Crippen LogP contribution >= 0.6 is 0 Å². The molecule has 0 aromatic heterocycles. The van der Waals surface area contributed by atoms with Gasteiger partial charge in [-0.3, -0.25) is 9.59 Å². The molecule has 5 aliphatic rings. The Kier molecular flexibility index (Phi) is 9.75. The highest BCUT2D eigenvalue weighted by molar-refractivity contribution is 5.96. The molecule has 4 saturated carbocycles. The number of halogens is 6. The quantitative estimate of drug-likeness (QED) is 0.177. The number of hydrogen-bond donors (Lipinski definition) is 4. The Bertz CT molecular complexity index is 1710. The van der Waals surface area contributed by atoms with Crippen molar-refractivity contribution < 1.29 is 45.8 Å². The molecule has 300 valence electrons. The first-order valence-electron chi connectivity index (χ1n) is 19.3. The molecule has 3 amide bonds. The molecule has 0 saturated heterocycles. The molecule has 0 aliphatic heterocycles. The Morgan fingerprint density at radius 2 is 1.39 bits per heavy atom. The zero-order valence-electron chi connectivity index (χ0n) is 32.3. The first kappa shape index (κ1) is 40.6. The fourth-order valence-electron chi connectivity index (χ4n) is 12.1. The minimum atomic E-state index is -5.06. The molecule has 0 unspecified atom stereocenters. The largest absolute Gasteiger partial charge is 0.416 e. The monoisotopic (exact) mass is 767 g/mol. The molecule has 13 heteroatoms. The second-order valence-electron chi connectivity index (χ2n) is 19.1. The normalized spacial score (nSPS) is 38.9. The number of amides is 3. The number of anilines is 1. The number of aliphatic hydroxyl groups is 1. The van der Waals surface area contributed by atoms with Gasteiger partial charge in [-0.2, -0.15) is 26.3 Å². The number of aliphatic hydroxyl groups excluding tert-OH is 1. The zero-order valence-corrected chi connectivity index (χ0v) is 32.3. The van der Waals surface area contributed by atoms with Crippen molar-refractivity contribution in [1.29, 1.82) is 0 Å². The summed E-state index contributed by atoms with van der Waals surface area (Å²) in [5.74, 6) is 0.0460. The van der Waals surface area contributed by atoms with Gasteiger partial charge < -0.3 is 21.1 Å². The maximum Gasteiger partial charge on any atom is 0.416 e. The van der Waals surface area contributed by atoms with Gasteiger partial charge in [0.1, 0.15) is 0 Å². The lowest BCUT2D eigenvalue weighted by molar-refractivity contribution is -0.202. The van der Waals surface area contributed by atoms with Gasteiger partial charge in [-0.05, 0) is 121 Å². The summed E-state index contributed by atoms with van der Waals surface area (Å²) in [6, 6.07) is -0.189. The van der Waals surface area contributed by atoms with Crippen molar-refractivity contribution >= 4 is 23.4 Å². The van der Waals surface area contributed by atoms with Crippen molar-refractivity contribution in [2.24, 2.45) is 50.2 Å². The molecule has 7 nitrogen and oxygen atoms in total. The third-order valence-corrected chi connectivity index (χ3v) is 15.6. The Hall–Kier alpha value is -3.09. The van der Waals surface area contributed by atoms with E-state index in [9.17, 15) is 45.8 Å². The lowest BCUT2D eigenvalue weighted by Crippen LogP contribution is -2.66. The Morgan fingerprint density at radius 3 is 2.00 bits per heavy atom. The third-order valence-electron chi connectivity index (χ3n) is 15.6. The second kappa shape index (κ2) is 13.0. The number of alkyl halides is 6. The summed E-state index contributed by atoms with van der Waals surface area (Å²) in [5.41, 5.74) is -4.49. The van der Waals surface area contributed by atoms with Crippen LogP contribution in [0.1, 0.15) is 117 Å². The van der Waals surface area contributed by atoms with E-state index < -0.39 is 46.7 Å². The minimum Gasteiger partial charge on any atom is -0.393 e. The number of allylic oxidation sites excluding steroid dienone is 2. The summed E-state index contributed by atoms with van der Waals surface area (Å²) in [6.07, 6.45) is -1.28. The number of urea groups is 1. The first-order chi connectivity index (χ1) is 24.7. The van der Waals surface area contributed by atoms with Gasteiger partial charge in [0, 0.05) is 30.1 Å². The number of rotatable bonds is 5. The average molecular weight is 768 g/mol. The van der Waals surface area contributed by atoms with Crippen LogP contribution in [-0.2, 0) is 21.9 Å².